The molecule has 0 N–H and O–H groups in total. The average Bonchev–Trinajstić information content (AvgIpc) is 3.04. The van der Waals surface area contributed by atoms with Crippen LogP contribution in [0.3, 0.4) is 0 Å². The van der Waals surface area contributed by atoms with E-state index in [4.69, 9.17) is 4.74 Å². The maximum Gasteiger partial charge on any atom is 0.382 e. The highest BCUT2D eigenvalue weighted by molar-refractivity contribution is 14.1. The normalized spacial score (nSPS) is 14.1. The van der Waals surface area contributed by atoms with Crippen LogP contribution in [-0.4, -0.2) is 23.7 Å². The smallest absolute Gasteiger partial charge is 0.382 e. The van der Waals surface area contributed by atoms with E-state index >= 15 is 0 Å². The predicted octanol–water partition coefficient (Wildman–Crippen LogP) is 13.0. The molecule has 276 valence electrons. The number of hydrogen-bond acceptors (Lipinski definition) is 1. The lowest BCUT2D eigenvalue weighted by Crippen LogP contribution is -2.59. The molecular formula is C32H16F16I2O. The van der Waals surface area contributed by atoms with Crippen LogP contribution in [0.5, 0.6) is 11.5 Å². The largest absolute Gasteiger partial charge is 0.457 e. The minimum absolute atomic E-state index is 0.0853. The summed E-state index contributed by atoms with van der Waals surface area (Å²) in [6, 6.07) is 7.53. The molecule has 4 rings (SSSR count). The molecule has 0 radical (unpaired) electrons. The van der Waals surface area contributed by atoms with Gasteiger partial charge in [0.1, 0.15) is 11.5 Å². The van der Waals surface area contributed by atoms with Crippen LogP contribution in [0.1, 0.15) is 22.3 Å². The summed E-state index contributed by atoms with van der Waals surface area (Å²) in [6.07, 6.45) is 0. The molecule has 0 aromatic heterocycles. The fraction of sp³-hybridized carbons (Fsp3) is 0.250. The number of benzene rings is 4. The zero-order chi connectivity index (χ0) is 38.6. The van der Waals surface area contributed by atoms with Crippen LogP contribution in [0.25, 0.3) is 0 Å². The second kappa shape index (κ2) is 13.5. The molecule has 0 aliphatic rings. The molecule has 1 nitrogen and oxygen atoms in total. The van der Waals surface area contributed by atoms with Gasteiger partial charge < -0.3 is 4.74 Å². The molecule has 0 heterocycles. The van der Waals surface area contributed by atoms with Gasteiger partial charge in [-0.15, -0.1) is 0 Å². The van der Waals surface area contributed by atoms with Crippen LogP contribution in [-0.2, 0) is 23.7 Å². The molecule has 0 spiro atoms. The quantitative estimate of drug-likeness (QED) is 0.102. The van der Waals surface area contributed by atoms with Gasteiger partial charge in [0.2, 0.25) is 0 Å². The molecule has 0 aliphatic carbocycles. The number of halogens is 18. The summed E-state index contributed by atoms with van der Waals surface area (Å²) in [5.74, 6) is -51.3. The monoisotopic (exact) mass is 974 g/mol. The molecule has 0 amide bonds. The molecule has 0 atom stereocenters. The molecule has 0 unspecified atom stereocenters. The van der Waals surface area contributed by atoms with Crippen LogP contribution in [0, 0.1) is 7.14 Å². The summed E-state index contributed by atoms with van der Waals surface area (Å²) in [5.41, 5.74) is -7.12. The third-order valence-corrected chi connectivity index (χ3v) is 8.75. The van der Waals surface area contributed by atoms with E-state index in [1.165, 1.54) is 45.2 Å². The lowest BCUT2D eigenvalue weighted by atomic mass is 9.90. The Hall–Kier alpha value is -2.98. The molecular weight excluding hydrogens is 958 g/mol. The summed E-state index contributed by atoms with van der Waals surface area (Å²) < 4.78 is 239. The van der Waals surface area contributed by atoms with Crippen molar-refractivity contribution in [3.63, 3.8) is 0 Å². The first-order valence-corrected chi connectivity index (χ1v) is 15.8. The second-order valence-corrected chi connectivity index (χ2v) is 13.3. The molecule has 0 aliphatic heterocycles. The number of rotatable bonds is 12. The van der Waals surface area contributed by atoms with Crippen LogP contribution < -0.4 is 4.74 Å². The average molecular weight is 974 g/mol. The van der Waals surface area contributed by atoms with Crippen molar-refractivity contribution >= 4 is 45.2 Å². The van der Waals surface area contributed by atoms with Gasteiger partial charge in [-0.25, -0.2) is 0 Å². The topological polar surface area (TPSA) is 9.23 Å². The lowest BCUT2D eigenvalue weighted by molar-refractivity contribution is -0.374. The van der Waals surface area contributed by atoms with Gasteiger partial charge in [-0.1, -0.05) is 24.3 Å². The fourth-order valence-corrected chi connectivity index (χ4v) is 5.57. The Bertz CT molecular complexity index is 1730. The summed E-state index contributed by atoms with van der Waals surface area (Å²) in [6.45, 7) is 0. The summed E-state index contributed by atoms with van der Waals surface area (Å²) in [4.78, 5) is 0. The van der Waals surface area contributed by atoms with E-state index in [1.807, 2.05) is 0 Å². The third-order valence-electron chi connectivity index (χ3n) is 7.41. The van der Waals surface area contributed by atoms with Gasteiger partial charge in [0.25, 0.3) is 0 Å². The Morgan fingerprint density at radius 1 is 0.333 bits per heavy atom. The van der Waals surface area contributed by atoms with Crippen LogP contribution in [0.2, 0.25) is 0 Å². The molecule has 19 heteroatoms. The Labute approximate surface area is 304 Å². The molecule has 0 saturated heterocycles. The van der Waals surface area contributed by atoms with Crippen molar-refractivity contribution in [1.82, 2.24) is 0 Å². The Kier molecular flexibility index (Phi) is 10.8. The molecule has 4 aromatic carbocycles. The fourth-order valence-electron chi connectivity index (χ4n) is 4.48. The van der Waals surface area contributed by atoms with Crippen LogP contribution >= 0.6 is 45.2 Å². The van der Waals surface area contributed by atoms with E-state index in [-0.39, 0.29) is 31.4 Å². The summed E-state index contributed by atoms with van der Waals surface area (Å²) >= 11 is 2.81. The predicted molar refractivity (Wildman–Crippen MR) is 167 cm³/mol. The minimum Gasteiger partial charge on any atom is -0.457 e. The Morgan fingerprint density at radius 2 is 0.588 bits per heavy atom. The third kappa shape index (κ3) is 6.73. The molecule has 0 saturated carbocycles. The van der Waals surface area contributed by atoms with E-state index in [0.717, 1.165) is 24.3 Å². The second-order valence-electron chi connectivity index (χ2n) is 10.8. The standard InChI is InChI=1S/C32H16F16I2O/c33-25(34,29(41,42)31(45,46)27(37,38)19-3-1-5-21(49)15-19)17-7-11-23(12-8-17)51-24-13-9-18(10-14-24)26(35,36)30(43,44)32(47,48)28(39,40)20-4-2-6-22(50)16-20/h1-16H. The number of ether oxygens (including phenoxy) is 1. The van der Waals surface area contributed by atoms with Crippen LogP contribution in [0.4, 0.5) is 70.2 Å². The Morgan fingerprint density at radius 3 is 0.843 bits per heavy atom. The highest BCUT2D eigenvalue weighted by Gasteiger charge is 2.82. The SMILES string of the molecule is FC(F)(c1ccc(Oc2ccc(C(F)(F)C(F)(F)C(F)(F)C(F)(F)c3cccc(I)c3)cc2)cc1)C(F)(F)C(F)(F)C(F)(F)c1cccc(I)c1. The van der Waals surface area contributed by atoms with Crippen molar-refractivity contribution in [1.29, 1.82) is 0 Å². The highest BCUT2D eigenvalue weighted by Crippen LogP contribution is 2.60. The first-order valence-electron chi connectivity index (χ1n) is 13.6. The van der Waals surface area contributed by atoms with Gasteiger partial charge in [0.05, 0.1) is 0 Å². The van der Waals surface area contributed by atoms with Crippen LogP contribution in [0.15, 0.2) is 97.1 Å². The van der Waals surface area contributed by atoms with Gasteiger partial charge in [-0.3, -0.25) is 0 Å². The van der Waals surface area contributed by atoms with Crippen molar-refractivity contribution in [2.24, 2.45) is 0 Å². The first kappa shape index (κ1) is 40.8. The van der Waals surface area contributed by atoms with Gasteiger partial charge in [-0.2, -0.15) is 70.2 Å². The van der Waals surface area contributed by atoms with Gasteiger partial charge in [0.15, 0.2) is 0 Å². The first-order chi connectivity index (χ1) is 23.2. The van der Waals surface area contributed by atoms with Crippen molar-refractivity contribution in [3.8, 4) is 11.5 Å². The Balaban J connectivity index is 1.55. The van der Waals surface area contributed by atoms with Crippen molar-refractivity contribution in [2.45, 2.75) is 47.4 Å². The van der Waals surface area contributed by atoms with E-state index in [1.54, 1.807) is 0 Å². The minimum atomic E-state index is -6.70. The van der Waals surface area contributed by atoms with Crippen molar-refractivity contribution in [3.05, 3.63) is 126 Å². The van der Waals surface area contributed by atoms with Crippen molar-refractivity contribution in [2.75, 3.05) is 0 Å². The molecule has 0 fully saturated rings. The zero-order valence-electron chi connectivity index (χ0n) is 24.4. The van der Waals surface area contributed by atoms with Gasteiger partial charge in [-0.05, 0) is 118 Å². The maximum atomic E-state index is 14.8. The van der Waals surface area contributed by atoms with E-state index < -0.39 is 81.1 Å². The summed E-state index contributed by atoms with van der Waals surface area (Å²) in [5, 5.41) is 0. The molecule has 0 bridgehead atoms. The summed E-state index contributed by atoms with van der Waals surface area (Å²) in [7, 11) is 0. The lowest BCUT2D eigenvalue weighted by Gasteiger charge is -2.37. The molecule has 51 heavy (non-hydrogen) atoms. The maximum absolute atomic E-state index is 14.8. The van der Waals surface area contributed by atoms with Gasteiger partial charge in [0, 0.05) is 29.4 Å². The van der Waals surface area contributed by atoms with Gasteiger partial charge >= 0.3 is 47.4 Å². The zero-order valence-corrected chi connectivity index (χ0v) is 28.8. The molecule has 4 aromatic rings. The highest BCUT2D eigenvalue weighted by atomic mass is 127. The van der Waals surface area contributed by atoms with Crippen molar-refractivity contribution < 1.29 is 75.0 Å². The van der Waals surface area contributed by atoms with E-state index in [9.17, 15) is 70.2 Å². The van der Waals surface area contributed by atoms with E-state index in [0.29, 0.717) is 48.5 Å². The number of hydrogen-bond donors (Lipinski definition) is 0. The number of alkyl halides is 16. The van der Waals surface area contributed by atoms with E-state index in [2.05, 4.69) is 0 Å².